The van der Waals surface area contributed by atoms with Crippen molar-refractivity contribution in [2.24, 2.45) is 0 Å². The van der Waals surface area contributed by atoms with Crippen molar-refractivity contribution in [3.05, 3.63) is 349 Å². The smallest absolute Gasteiger partial charge is 0.252 e. The van der Waals surface area contributed by atoms with E-state index >= 15 is 0 Å². The third-order valence-electron chi connectivity index (χ3n) is 24.3. The topological polar surface area (TPSA) is 19.4 Å². The molecule has 4 heterocycles. The first-order chi connectivity index (χ1) is 55.0. The van der Waals surface area contributed by atoms with E-state index in [-0.39, 0.29) is 35.1 Å². The van der Waals surface area contributed by atoms with E-state index in [0.717, 1.165) is 82.3 Å². The standard InChI is InChI=1S/C106H102B2N6/c1-15-17-32-72-63-99-102-100(64-72)114(94-48-27-25-46-90(94)108(102)92-68-78(106(12,13)14)54-60-96(92)112(99)82-57-51-76(52-58-82)104(6,7)8)88-44-31-42-86(70-88)110(80-37-22-19-23-38-80)84-40-29-34-74(66-84)73-33-28-39-83(65-73)109(79-35-20-18-21-36-79)85-41-30-43-87(69-85)113-93-47-26-24-45-89(93)107-91-67-77(105(9,10)11)53-59-95(91)111(81-55-49-75(50-56-81)103(3,4)5)97-61-71(16-2)62-98(113)101(97)107/h18-31,33-70H,15-17,32H2,1-14H3. The van der Waals surface area contributed by atoms with Crippen LogP contribution in [0.4, 0.5) is 102 Å². The van der Waals surface area contributed by atoms with E-state index in [2.05, 4.69) is 442 Å². The van der Waals surface area contributed by atoms with Gasteiger partial charge in [0.05, 0.1) is 0 Å². The Morgan fingerprint density at radius 2 is 0.579 bits per heavy atom. The van der Waals surface area contributed by atoms with Crippen molar-refractivity contribution in [2.45, 2.75) is 144 Å². The summed E-state index contributed by atoms with van der Waals surface area (Å²) in [6, 6.07) is 120. The molecular weight excluding hydrogens is 1380 g/mol. The number of hydrogen-bond acceptors (Lipinski definition) is 6. The molecule has 114 heavy (non-hydrogen) atoms. The van der Waals surface area contributed by atoms with Gasteiger partial charge in [-0.2, -0.15) is 0 Å². The second-order valence-electron chi connectivity index (χ2n) is 36.0. The molecule has 18 rings (SSSR count). The Bertz CT molecular complexity index is 6000. The van der Waals surface area contributed by atoms with Gasteiger partial charge in [-0.1, -0.05) is 261 Å². The number of fused-ring (bicyclic) bond motifs is 8. The van der Waals surface area contributed by atoms with Crippen molar-refractivity contribution < 1.29 is 0 Å². The van der Waals surface area contributed by atoms with Crippen LogP contribution in [0.1, 0.15) is 143 Å². The second kappa shape index (κ2) is 28.6. The maximum absolute atomic E-state index is 2.59. The first-order valence-corrected chi connectivity index (χ1v) is 41.3. The zero-order valence-electron chi connectivity index (χ0n) is 68.7. The van der Waals surface area contributed by atoms with Crippen molar-refractivity contribution in [1.82, 2.24) is 0 Å². The largest absolute Gasteiger partial charge is 0.311 e. The number of nitrogens with zero attached hydrogens (tertiary/aromatic N) is 6. The van der Waals surface area contributed by atoms with E-state index in [0.29, 0.717) is 0 Å². The summed E-state index contributed by atoms with van der Waals surface area (Å²) in [4.78, 5) is 15.2. The average Bonchev–Trinajstić information content (AvgIpc) is 0.701. The number of unbranched alkanes of at least 4 members (excludes halogenated alkanes) is 1. The number of benzene rings is 14. The van der Waals surface area contributed by atoms with Gasteiger partial charge in [0.2, 0.25) is 0 Å². The second-order valence-corrected chi connectivity index (χ2v) is 36.0. The molecule has 0 radical (unpaired) electrons. The summed E-state index contributed by atoms with van der Waals surface area (Å²) in [7, 11) is 0. The van der Waals surface area contributed by atoms with Crippen molar-refractivity contribution in [3.63, 3.8) is 0 Å². The summed E-state index contributed by atoms with van der Waals surface area (Å²) in [6.45, 7) is 32.5. The van der Waals surface area contributed by atoms with Gasteiger partial charge >= 0.3 is 0 Å². The van der Waals surface area contributed by atoms with Crippen molar-refractivity contribution in [2.75, 3.05) is 29.4 Å². The Morgan fingerprint density at radius 1 is 0.254 bits per heavy atom. The van der Waals surface area contributed by atoms with Crippen LogP contribution in [0.25, 0.3) is 11.1 Å². The molecule has 0 aliphatic carbocycles. The van der Waals surface area contributed by atoms with Gasteiger partial charge in [-0.15, -0.1) is 0 Å². The molecule has 6 nitrogen and oxygen atoms in total. The predicted molar refractivity (Wildman–Crippen MR) is 492 cm³/mol. The summed E-state index contributed by atoms with van der Waals surface area (Å²) >= 11 is 0. The fourth-order valence-corrected chi connectivity index (χ4v) is 18.3. The molecule has 0 amide bonds. The van der Waals surface area contributed by atoms with Gasteiger partial charge in [0.1, 0.15) is 0 Å². The maximum Gasteiger partial charge on any atom is 0.252 e. The zero-order valence-corrected chi connectivity index (χ0v) is 68.7. The molecule has 0 aromatic heterocycles. The van der Waals surface area contributed by atoms with Crippen LogP contribution in [-0.4, -0.2) is 13.4 Å². The average molecular weight is 1480 g/mol. The highest BCUT2D eigenvalue weighted by atomic mass is 15.2. The molecule has 562 valence electrons. The summed E-state index contributed by atoms with van der Waals surface area (Å²) in [5, 5.41) is 0. The minimum atomic E-state index is -0.0527. The molecule has 0 N–H and O–H groups in total. The Kier molecular flexibility index (Phi) is 18.4. The lowest BCUT2D eigenvalue weighted by Gasteiger charge is -2.45. The van der Waals surface area contributed by atoms with Crippen LogP contribution in [0.3, 0.4) is 0 Å². The molecule has 0 bridgehead atoms. The Labute approximate surface area is 677 Å². The molecule has 14 aromatic rings. The van der Waals surface area contributed by atoms with Gasteiger partial charge in [-0.3, -0.25) is 0 Å². The van der Waals surface area contributed by atoms with Gasteiger partial charge in [-0.05, 0) is 276 Å². The fourth-order valence-electron chi connectivity index (χ4n) is 18.3. The van der Waals surface area contributed by atoms with Crippen LogP contribution in [-0.2, 0) is 34.5 Å². The predicted octanol–water partition coefficient (Wildman–Crippen LogP) is 25.6. The SMILES string of the molecule is CCCCc1cc2c3c(c1)N(c1ccc(C(C)(C)C)cc1)c1ccc(C(C)(C)C)cc1B3c1ccccc1N2c1cccc(N(c2ccccc2)c2cccc(-c3cccc(N(c4ccccc4)c4cccc(N5c6ccccc6B6c7cc(C(C)(C)C)ccc7N(c7ccc(C(C)(C)C)cc7)c7cc(CC)cc5c76)c4)c3)c2)c1. The van der Waals surface area contributed by atoms with Gasteiger partial charge in [0, 0.05) is 102 Å². The van der Waals surface area contributed by atoms with E-state index in [1.807, 2.05) is 0 Å². The Balaban J connectivity index is 0.741. The van der Waals surface area contributed by atoms with E-state index < -0.39 is 0 Å². The summed E-state index contributed by atoms with van der Waals surface area (Å²) < 4.78 is 0. The van der Waals surface area contributed by atoms with Crippen LogP contribution < -0.4 is 62.2 Å². The van der Waals surface area contributed by atoms with Crippen molar-refractivity contribution in [1.29, 1.82) is 0 Å². The third kappa shape index (κ3) is 13.1. The number of aryl methyl sites for hydroxylation is 2. The monoisotopic (exact) mass is 1480 g/mol. The molecule has 4 aliphatic heterocycles. The van der Waals surface area contributed by atoms with Gasteiger partial charge in [0.15, 0.2) is 0 Å². The highest BCUT2D eigenvalue weighted by Crippen LogP contribution is 2.51. The Morgan fingerprint density at radius 3 is 0.956 bits per heavy atom. The quantitative estimate of drug-likeness (QED) is 0.0946. The van der Waals surface area contributed by atoms with Gasteiger partial charge < -0.3 is 29.4 Å². The fraction of sp³-hybridized carbons (Fsp3) is 0.208. The minimum Gasteiger partial charge on any atom is -0.311 e. The minimum absolute atomic E-state index is 0.00359. The van der Waals surface area contributed by atoms with Crippen LogP contribution >= 0.6 is 0 Å². The maximum atomic E-state index is 2.59. The van der Waals surface area contributed by atoms with Crippen LogP contribution in [0.15, 0.2) is 315 Å². The summed E-state index contributed by atoms with van der Waals surface area (Å²) in [6.07, 6.45) is 4.08. The molecular formula is C106H102B2N6. The Hall–Kier alpha value is -12.0. The lowest BCUT2D eigenvalue weighted by Crippen LogP contribution is -2.61. The zero-order chi connectivity index (χ0) is 78.7. The van der Waals surface area contributed by atoms with Crippen molar-refractivity contribution in [3.8, 4) is 11.1 Å². The molecule has 0 fully saturated rings. The van der Waals surface area contributed by atoms with Crippen LogP contribution in [0.2, 0.25) is 0 Å². The number of rotatable bonds is 15. The lowest BCUT2D eigenvalue weighted by molar-refractivity contribution is 0.590. The normalized spacial score (nSPS) is 13.4. The van der Waals surface area contributed by atoms with Gasteiger partial charge in [0.25, 0.3) is 13.4 Å². The molecule has 0 atom stereocenters. The van der Waals surface area contributed by atoms with E-state index in [1.165, 1.54) is 123 Å². The number of anilines is 18. The van der Waals surface area contributed by atoms with E-state index in [9.17, 15) is 0 Å². The molecule has 0 saturated carbocycles. The van der Waals surface area contributed by atoms with E-state index in [1.54, 1.807) is 0 Å². The highest BCUT2D eigenvalue weighted by molar-refractivity contribution is 7.01. The van der Waals surface area contributed by atoms with Crippen LogP contribution in [0, 0.1) is 0 Å². The molecule has 0 spiro atoms. The lowest BCUT2D eigenvalue weighted by atomic mass is 9.33. The third-order valence-corrected chi connectivity index (χ3v) is 24.3. The molecule has 0 saturated heterocycles. The molecule has 4 aliphatic rings. The molecule has 14 aromatic carbocycles. The number of hydrogen-bond donors (Lipinski definition) is 0. The molecule has 0 unspecified atom stereocenters. The first kappa shape index (κ1) is 73.5. The highest BCUT2D eigenvalue weighted by Gasteiger charge is 2.47. The van der Waals surface area contributed by atoms with Gasteiger partial charge in [-0.25, -0.2) is 0 Å². The van der Waals surface area contributed by atoms with Crippen LogP contribution in [0.5, 0.6) is 0 Å². The first-order valence-electron chi connectivity index (χ1n) is 41.3. The summed E-state index contributed by atoms with van der Waals surface area (Å²) in [5.74, 6) is 0. The summed E-state index contributed by atoms with van der Waals surface area (Å²) in [5.41, 5.74) is 38.8. The molecule has 8 heteroatoms. The number of para-hydroxylation sites is 4. The van der Waals surface area contributed by atoms with Crippen molar-refractivity contribution >= 4 is 149 Å². The van der Waals surface area contributed by atoms with E-state index in [4.69, 9.17) is 0 Å².